The van der Waals surface area contributed by atoms with Crippen LogP contribution in [0.3, 0.4) is 0 Å². The van der Waals surface area contributed by atoms with Gasteiger partial charge in [0.15, 0.2) is 0 Å². The van der Waals surface area contributed by atoms with Gasteiger partial charge in [0.2, 0.25) is 5.91 Å². The van der Waals surface area contributed by atoms with Crippen LogP contribution in [0.2, 0.25) is 0 Å². The van der Waals surface area contributed by atoms with E-state index < -0.39 is 11.7 Å². The minimum atomic E-state index is -0.628. The molecule has 0 radical (unpaired) electrons. The average molecular weight is 407 g/mol. The lowest BCUT2D eigenvalue weighted by Crippen LogP contribution is -2.35. The Morgan fingerprint density at radius 3 is 2.28 bits per heavy atom. The van der Waals surface area contributed by atoms with Crippen molar-refractivity contribution in [2.24, 2.45) is 0 Å². The summed E-state index contributed by atoms with van der Waals surface area (Å²) in [4.78, 5) is 25.8. The topological polar surface area (TPSA) is 49.4 Å². The summed E-state index contributed by atoms with van der Waals surface area (Å²) in [6, 6.07) is 8.16. The van der Waals surface area contributed by atoms with Crippen LogP contribution in [0.4, 0.5) is 10.1 Å². The second-order valence-electron chi connectivity index (χ2n) is 6.11. The first kappa shape index (κ1) is 19.1. The van der Waals surface area contributed by atoms with Gasteiger partial charge in [-0.2, -0.15) is 0 Å². The van der Waals surface area contributed by atoms with Crippen LogP contribution >= 0.6 is 15.9 Å². The number of halogens is 2. The number of amides is 2. The van der Waals surface area contributed by atoms with Gasteiger partial charge in [-0.3, -0.25) is 9.59 Å². The van der Waals surface area contributed by atoms with Crippen LogP contribution in [0.25, 0.3) is 0 Å². The van der Waals surface area contributed by atoms with Gasteiger partial charge in [-0.15, -0.1) is 0 Å². The molecule has 0 bridgehead atoms. The molecule has 0 fully saturated rings. The van der Waals surface area contributed by atoms with Gasteiger partial charge in [0.1, 0.15) is 5.82 Å². The Morgan fingerprint density at radius 2 is 1.72 bits per heavy atom. The number of anilines is 1. The minimum Gasteiger partial charge on any atom is -0.332 e. The van der Waals surface area contributed by atoms with E-state index in [2.05, 4.69) is 21.2 Å². The summed E-state index contributed by atoms with van der Waals surface area (Å²) in [5.41, 5.74) is 3.70. The summed E-state index contributed by atoms with van der Waals surface area (Å²) in [5.74, 6) is -1.50. The summed E-state index contributed by atoms with van der Waals surface area (Å²) in [7, 11) is 1.47. The zero-order chi connectivity index (χ0) is 18.7. The number of nitrogens with zero attached hydrogens (tertiary/aromatic N) is 1. The van der Waals surface area contributed by atoms with Gasteiger partial charge in [0, 0.05) is 17.2 Å². The van der Waals surface area contributed by atoms with Gasteiger partial charge in [0.25, 0.3) is 5.91 Å². The van der Waals surface area contributed by atoms with Crippen molar-refractivity contribution in [1.29, 1.82) is 0 Å². The van der Waals surface area contributed by atoms with Crippen LogP contribution < -0.4 is 5.32 Å². The van der Waals surface area contributed by atoms with Crippen molar-refractivity contribution >= 4 is 33.4 Å². The predicted molar refractivity (Wildman–Crippen MR) is 100 cm³/mol. The van der Waals surface area contributed by atoms with Crippen molar-refractivity contribution in [2.75, 3.05) is 18.9 Å². The molecule has 0 aliphatic rings. The third-order valence-corrected chi connectivity index (χ3v) is 4.32. The van der Waals surface area contributed by atoms with E-state index in [1.807, 2.05) is 32.9 Å². The molecule has 0 saturated carbocycles. The van der Waals surface area contributed by atoms with Crippen LogP contribution in [-0.2, 0) is 4.79 Å². The molecule has 0 unspecified atom stereocenters. The van der Waals surface area contributed by atoms with E-state index in [0.717, 1.165) is 22.4 Å². The van der Waals surface area contributed by atoms with Gasteiger partial charge in [0.05, 0.1) is 12.1 Å². The van der Waals surface area contributed by atoms with E-state index in [1.54, 1.807) is 6.07 Å². The molecule has 0 heterocycles. The molecule has 2 rings (SSSR count). The summed E-state index contributed by atoms with van der Waals surface area (Å²) < 4.78 is 14.5. The van der Waals surface area contributed by atoms with Gasteiger partial charge in [-0.05, 0) is 50.1 Å². The van der Waals surface area contributed by atoms with Crippen molar-refractivity contribution in [3.05, 3.63) is 62.9 Å². The number of aryl methyl sites for hydroxylation is 3. The van der Waals surface area contributed by atoms with E-state index in [1.165, 1.54) is 24.1 Å². The molecule has 4 nitrogen and oxygen atoms in total. The first-order chi connectivity index (χ1) is 11.7. The minimum absolute atomic E-state index is 0.0683. The average Bonchev–Trinajstić information content (AvgIpc) is 2.50. The second-order valence-corrected chi connectivity index (χ2v) is 7.02. The van der Waals surface area contributed by atoms with Crippen LogP contribution in [0.5, 0.6) is 0 Å². The van der Waals surface area contributed by atoms with Crippen molar-refractivity contribution in [3.63, 3.8) is 0 Å². The first-order valence-electron chi connectivity index (χ1n) is 7.77. The Balaban J connectivity index is 2.09. The lowest BCUT2D eigenvalue weighted by molar-refractivity contribution is -0.116. The van der Waals surface area contributed by atoms with Crippen molar-refractivity contribution in [3.8, 4) is 0 Å². The molecule has 0 saturated heterocycles. The number of carbonyl (C=O) groups excluding carboxylic acids is 2. The maximum atomic E-state index is 13.9. The zero-order valence-electron chi connectivity index (χ0n) is 14.6. The molecule has 1 N–H and O–H groups in total. The summed E-state index contributed by atoms with van der Waals surface area (Å²) in [6.07, 6.45) is 0. The van der Waals surface area contributed by atoms with Crippen LogP contribution in [0.15, 0.2) is 34.8 Å². The van der Waals surface area contributed by atoms with Crippen molar-refractivity contribution in [2.45, 2.75) is 20.8 Å². The van der Waals surface area contributed by atoms with E-state index in [0.29, 0.717) is 4.47 Å². The highest BCUT2D eigenvalue weighted by Crippen LogP contribution is 2.22. The Labute approximate surface area is 155 Å². The Hall–Kier alpha value is -2.21. The lowest BCUT2D eigenvalue weighted by atomic mass is 10.1. The SMILES string of the molecule is Cc1cc(C)c(NC(=O)CN(C)C(=O)c2ccc(Br)cc2F)c(C)c1. The third kappa shape index (κ3) is 4.66. The maximum Gasteiger partial charge on any atom is 0.257 e. The normalized spacial score (nSPS) is 10.5. The molecule has 2 aromatic rings. The largest absolute Gasteiger partial charge is 0.332 e. The third-order valence-electron chi connectivity index (χ3n) is 3.83. The number of carbonyl (C=O) groups is 2. The van der Waals surface area contributed by atoms with E-state index in [-0.39, 0.29) is 18.0 Å². The predicted octanol–water partition coefficient (Wildman–Crippen LogP) is 4.22. The lowest BCUT2D eigenvalue weighted by Gasteiger charge is -2.19. The standard InChI is InChI=1S/C19H20BrFN2O2/c1-11-7-12(2)18(13(3)8-11)22-17(24)10-23(4)19(25)15-6-5-14(20)9-16(15)21/h5-9H,10H2,1-4H3,(H,22,24). The highest BCUT2D eigenvalue weighted by molar-refractivity contribution is 9.10. The smallest absolute Gasteiger partial charge is 0.257 e. The molecular formula is C19H20BrFN2O2. The monoisotopic (exact) mass is 406 g/mol. The molecule has 0 aliphatic carbocycles. The van der Waals surface area contributed by atoms with Crippen LogP contribution in [0, 0.1) is 26.6 Å². The van der Waals surface area contributed by atoms with Crippen LogP contribution in [-0.4, -0.2) is 30.3 Å². The number of benzene rings is 2. The number of hydrogen-bond donors (Lipinski definition) is 1. The molecule has 132 valence electrons. The Bertz CT molecular complexity index is 813. The fourth-order valence-electron chi connectivity index (χ4n) is 2.71. The molecule has 2 aromatic carbocycles. The molecule has 2 amide bonds. The number of hydrogen-bond acceptors (Lipinski definition) is 2. The maximum absolute atomic E-state index is 13.9. The molecule has 0 aromatic heterocycles. The molecular weight excluding hydrogens is 387 g/mol. The fraction of sp³-hybridized carbons (Fsp3) is 0.263. The van der Waals surface area contributed by atoms with Crippen molar-refractivity contribution < 1.29 is 14.0 Å². The number of rotatable bonds is 4. The molecule has 0 spiro atoms. The fourth-order valence-corrected chi connectivity index (χ4v) is 3.05. The van der Waals surface area contributed by atoms with E-state index >= 15 is 0 Å². The van der Waals surface area contributed by atoms with Gasteiger partial charge in [-0.1, -0.05) is 33.6 Å². The second kappa shape index (κ2) is 7.78. The van der Waals surface area contributed by atoms with E-state index in [9.17, 15) is 14.0 Å². The Kier molecular flexibility index (Phi) is 5.95. The highest BCUT2D eigenvalue weighted by Gasteiger charge is 2.19. The summed E-state index contributed by atoms with van der Waals surface area (Å²) in [5, 5.41) is 2.83. The molecule has 25 heavy (non-hydrogen) atoms. The molecule has 0 aliphatic heterocycles. The van der Waals surface area contributed by atoms with E-state index in [4.69, 9.17) is 0 Å². The van der Waals surface area contributed by atoms with Gasteiger partial charge < -0.3 is 10.2 Å². The quantitative estimate of drug-likeness (QED) is 0.825. The number of likely N-dealkylation sites (N-methyl/N-ethyl adjacent to an activating group) is 1. The Morgan fingerprint density at radius 1 is 1.12 bits per heavy atom. The van der Waals surface area contributed by atoms with Gasteiger partial charge >= 0.3 is 0 Å². The zero-order valence-corrected chi connectivity index (χ0v) is 16.2. The summed E-state index contributed by atoms with van der Waals surface area (Å²) >= 11 is 3.15. The summed E-state index contributed by atoms with van der Waals surface area (Å²) in [6.45, 7) is 5.66. The van der Waals surface area contributed by atoms with Crippen molar-refractivity contribution in [1.82, 2.24) is 4.90 Å². The van der Waals surface area contributed by atoms with Crippen LogP contribution in [0.1, 0.15) is 27.0 Å². The van der Waals surface area contributed by atoms with Gasteiger partial charge in [-0.25, -0.2) is 4.39 Å². The molecule has 0 atom stereocenters. The molecule has 6 heteroatoms. The number of nitrogens with one attached hydrogen (secondary N) is 1. The first-order valence-corrected chi connectivity index (χ1v) is 8.56. The highest BCUT2D eigenvalue weighted by atomic mass is 79.9.